The fourth-order valence-corrected chi connectivity index (χ4v) is 3.17. The maximum atomic E-state index is 13.1. The van der Waals surface area contributed by atoms with Gasteiger partial charge in [-0.2, -0.15) is 0 Å². The van der Waals surface area contributed by atoms with Gasteiger partial charge in [0.25, 0.3) is 5.91 Å². The SMILES string of the molecule is COc1cccc(Cl)c1C(=O)Nc1ccc2nc(-c3ccc(F)cc3)[nH]c2c1. The summed E-state index contributed by atoms with van der Waals surface area (Å²) >= 11 is 6.16. The molecule has 0 unspecified atom stereocenters. The molecule has 0 saturated carbocycles. The molecule has 0 saturated heterocycles. The predicted molar refractivity (Wildman–Crippen MR) is 107 cm³/mol. The van der Waals surface area contributed by atoms with Gasteiger partial charge in [-0.1, -0.05) is 17.7 Å². The summed E-state index contributed by atoms with van der Waals surface area (Å²) < 4.78 is 18.3. The third-order valence-corrected chi connectivity index (χ3v) is 4.59. The van der Waals surface area contributed by atoms with Crippen LogP contribution in [0.1, 0.15) is 10.4 Å². The molecule has 0 aliphatic heterocycles. The first kappa shape index (κ1) is 18.0. The van der Waals surface area contributed by atoms with E-state index >= 15 is 0 Å². The highest BCUT2D eigenvalue weighted by atomic mass is 35.5. The van der Waals surface area contributed by atoms with Gasteiger partial charge in [0.1, 0.15) is 23.0 Å². The van der Waals surface area contributed by atoms with Gasteiger partial charge in [0.15, 0.2) is 0 Å². The predicted octanol–water partition coefficient (Wildman–Crippen LogP) is 5.28. The van der Waals surface area contributed by atoms with Gasteiger partial charge in [-0.3, -0.25) is 4.79 Å². The minimum atomic E-state index is -0.375. The largest absolute Gasteiger partial charge is 0.496 e. The Morgan fingerprint density at radius 3 is 2.68 bits per heavy atom. The van der Waals surface area contributed by atoms with Crippen molar-refractivity contribution in [2.75, 3.05) is 12.4 Å². The Balaban J connectivity index is 1.63. The first-order chi connectivity index (χ1) is 13.5. The molecule has 0 atom stereocenters. The number of carbonyl (C=O) groups excluding carboxylic acids is 1. The number of fused-ring (bicyclic) bond motifs is 1. The van der Waals surface area contributed by atoms with Crippen molar-refractivity contribution in [1.29, 1.82) is 0 Å². The summed E-state index contributed by atoms with van der Waals surface area (Å²) in [6, 6.07) is 16.4. The minimum Gasteiger partial charge on any atom is -0.496 e. The number of methoxy groups -OCH3 is 1. The Hall–Kier alpha value is -3.38. The van der Waals surface area contributed by atoms with Gasteiger partial charge < -0.3 is 15.0 Å². The number of anilines is 1. The zero-order chi connectivity index (χ0) is 19.7. The fourth-order valence-electron chi connectivity index (χ4n) is 2.92. The summed E-state index contributed by atoms with van der Waals surface area (Å²) in [5.74, 6) is 0.331. The van der Waals surface area contributed by atoms with Crippen LogP contribution < -0.4 is 10.1 Å². The van der Waals surface area contributed by atoms with E-state index < -0.39 is 0 Å². The zero-order valence-corrected chi connectivity index (χ0v) is 15.5. The lowest BCUT2D eigenvalue weighted by molar-refractivity contribution is 0.102. The van der Waals surface area contributed by atoms with E-state index in [9.17, 15) is 9.18 Å². The van der Waals surface area contributed by atoms with Crippen molar-refractivity contribution in [3.05, 3.63) is 77.1 Å². The molecule has 0 aliphatic rings. The van der Waals surface area contributed by atoms with Crippen LogP contribution in [0.15, 0.2) is 60.7 Å². The second-order valence-corrected chi connectivity index (χ2v) is 6.50. The molecule has 2 N–H and O–H groups in total. The van der Waals surface area contributed by atoms with Crippen LogP contribution in [0.2, 0.25) is 5.02 Å². The van der Waals surface area contributed by atoms with Crippen molar-refractivity contribution in [3.8, 4) is 17.1 Å². The number of amides is 1. The molecule has 0 fully saturated rings. The van der Waals surface area contributed by atoms with Crippen LogP contribution in [-0.2, 0) is 0 Å². The normalized spacial score (nSPS) is 10.8. The van der Waals surface area contributed by atoms with Crippen LogP contribution in [0.5, 0.6) is 5.75 Å². The summed E-state index contributed by atoms with van der Waals surface area (Å²) in [4.78, 5) is 20.4. The van der Waals surface area contributed by atoms with Crippen molar-refractivity contribution < 1.29 is 13.9 Å². The lowest BCUT2D eigenvalue weighted by atomic mass is 10.1. The summed E-state index contributed by atoms with van der Waals surface area (Å²) in [6.07, 6.45) is 0. The Morgan fingerprint density at radius 1 is 1.14 bits per heavy atom. The van der Waals surface area contributed by atoms with Gasteiger partial charge in [-0.15, -0.1) is 0 Å². The number of aromatic nitrogens is 2. The van der Waals surface area contributed by atoms with Gasteiger partial charge >= 0.3 is 0 Å². The Labute approximate surface area is 165 Å². The molecule has 5 nitrogen and oxygen atoms in total. The topological polar surface area (TPSA) is 67.0 Å². The van der Waals surface area contributed by atoms with E-state index in [2.05, 4.69) is 15.3 Å². The average Bonchev–Trinajstić information content (AvgIpc) is 3.11. The lowest BCUT2D eigenvalue weighted by Crippen LogP contribution is -2.13. The van der Waals surface area contributed by atoms with E-state index in [0.29, 0.717) is 22.3 Å². The van der Waals surface area contributed by atoms with E-state index in [0.717, 1.165) is 16.6 Å². The Bertz CT molecular complexity index is 1170. The van der Waals surface area contributed by atoms with Gasteiger partial charge in [0, 0.05) is 11.3 Å². The maximum absolute atomic E-state index is 13.1. The molecule has 1 amide bonds. The number of nitrogens with zero attached hydrogens (tertiary/aromatic N) is 1. The number of halogens is 2. The molecule has 0 spiro atoms. The van der Waals surface area contributed by atoms with E-state index in [-0.39, 0.29) is 17.3 Å². The third-order valence-electron chi connectivity index (χ3n) is 4.28. The van der Waals surface area contributed by atoms with Crippen LogP contribution >= 0.6 is 11.6 Å². The highest BCUT2D eigenvalue weighted by Gasteiger charge is 2.17. The average molecular weight is 396 g/mol. The van der Waals surface area contributed by atoms with Crippen LogP contribution in [0.25, 0.3) is 22.4 Å². The van der Waals surface area contributed by atoms with E-state index in [1.807, 2.05) is 0 Å². The molecule has 3 aromatic carbocycles. The molecule has 4 rings (SSSR count). The van der Waals surface area contributed by atoms with Crippen LogP contribution in [0.4, 0.5) is 10.1 Å². The molecule has 1 heterocycles. The van der Waals surface area contributed by atoms with E-state index in [1.165, 1.54) is 19.2 Å². The maximum Gasteiger partial charge on any atom is 0.260 e. The number of hydrogen-bond acceptors (Lipinski definition) is 3. The molecule has 7 heteroatoms. The Kier molecular flexibility index (Phi) is 4.71. The number of imidazole rings is 1. The molecular weight excluding hydrogens is 381 g/mol. The first-order valence-corrected chi connectivity index (χ1v) is 8.82. The summed E-state index contributed by atoms with van der Waals surface area (Å²) in [5, 5.41) is 3.13. The number of carbonyl (C=O) groups is 1. The molecule has 4 aromatic rings. The molecule has 0 radical (unpaired) electrons. The van der Waals surface area contributed by atoms with Crippen molar-refractivity contribution in [3.63, 3.8) is 0 Å². The summed E-state index contributed by atoms with van der Waals surface area (Å²) in [7, 11) is 1.48. The molecule has 140 valence electrons. The second-order valence-electron chi connectivity index (χ2n) is 6.10. The van der Waals surface area contributed by atoms with Gasteiger partial charge in [0.05, 0.1) is 23.2 Å². The minimum absolute atomic E-state index is 0.267. The van der Waals surface area contributed by atoms with Gasteiger partial charge in [-0.25, -0.2) is 9.37 Å². The fraction of sp³-hybridized carbons (Fsp3) is 0.0476. The Morgan fingerprint density at radius 2 is 1.93 bits per heavy atom. The number of benzene rings is 3. The number of hydrogen-bond donors (Lipinski definition) is 2. The zero-order valence-electron chi connectivity index (χ0n) is 14.8. The van der Waals surface area contributed by atoms with Crippen LogP contribution in [-0.4, -0.2) is 23.0 Å². The first-order valence-electron chi connectivity index (χ1n) is 8.45. The van der Waals surface area contributed by atoms with Crippen molar-refractivity contribution in [2.24, 2.45) is 0 Å². The molecule has 0 bridgehead atoms. The van der Waals surface area contributed by atoms with Crippen molar-refractivity contribution >= 4 is 34.2 Å². The van der Waals surface area contributed by atoms with Crippen LogP contribution in [0.3, 0.4) is 0 Å². The van der Waals surface area contributed by atoms with E-state index in [4.69, 9.17) is 16.3 Å². The number of nitrogens with one attached hydrogen (secondary N) is 2. The number of aromatic amines is 1. The van der Waals surface area contributed by atoms with Crippen LogP contribution in [0, 0.1) is 5.82 Å². The van der Waals surface area contributed by atoms with Crippen molar-refractivity contribution in [1.82, 2.24) is 9.97 Å². The number of H-pyrrole nitrogens is 1. The quantitative estimate of drug-likeness (QED) is 0.493. The second kappa shape index (κ2) is 7.32. The summed E-state index contributed by atoms with van der Waals surface area (Å²) in [5.41, 5.74) is 3.08. The molecule has 1 aromatic heterocycles. The lowest BCUT2D eigenvalue weighted by Gasteiger charge is -2.10. The smallest absolute Gasteiger partial charge is 0.260 e. The van der Waals surface area contributed by atoms with E-state index in [1.54, 1.807) is 48.5 Å². The number of ether oxygens (including phenoxy) is 1. The molecule has 28 heavy (non-hydrogen) atoms. The van der Waals surface area contributed by atoms with Gasteiger partial charge in [0.2, 0.25) is 0 Å². The van der Waals surface area contributed by atoms with Gasteiger partial charge in [-0.05, 0) is 54.6 Å². The number of rotatable bonds is 4. The standard InChI is InChI=1S/C21H15ClFN3O2/c1-28-18-4-2-3-15(22)19(18)21(27)24-14-9-10-16-17(11-14)26-20(25-16)12-5-7-13(23)8-6-12/h2-11H,1H3,(H,24,27)(H,25,26). The highest BCUT2D eigenvalue weighted by molar-refractivity contribution is 6.35. The third kappa shape index (κ3) is 3.42. The molecule has 0 aliphatic carbocycles. The molecular formula is C21H15ClFN3O2. The van der Waals surface area contributed by atoms with Crippen molar-refractivity contribution in [2.45, 2.75) is 0 Å². The summed E-state index contributed by atoms with van der Waals surface area (Å²) in [6.45, 7) is 0. The highest BCUT2D eigenvalue weighted by Crippen LogP contribution is 2.28. The monoisotopic (exact) mass is 395 g/mol.